The topological polar surface area (TPSA) is 75.7 Å². The number of ether oxygens (including phenoxy) is 1. The summed E-state index contributed by atoms with van der Waals surface area (Å²) in [4.78, 5) is 0. The van der Waals surface area contributed by atoms with Crippen LogP contribution in [0.2, 0.25) is 0 Å². The van der Waals surface area contributed by atoms with Gasteiger partial charge in [-0.3, -0.25) is 0 Å². The van der Waals surface area contributed by atoms with Crippen LogP contribution in [0.15, 0.2) is 54.6 Å². The van der Waals surface area contributed by atoms with Gasteiger partial charge in [0, 0.05) is 6.54 Å². The summed E-state index contributed by atoms with van der Waals surface area (Å²) in [6.07, 6.45) is 0. The predicted molar refractivity (Wildman–Crippen MR) is 77.3 cm³/mol. The summed E-state index contributed by atoms with van der Waals surface area (Å²) in [5.74, 6) is 0.630. The molecule has 0 radical (unpaired) electrons. The third kappa shape index (κ3) is 3.36. The molecule has 4 N–H and O–H groups in total. The summed E-state index contributed by atoms with van der Waals surface area (Å²) in [6.45, 7) is 0.148. The molecule has 0 saturated heterocycles. The zero-order valence-corrected chi connectivity index (χ0v) is 11.2. The molecule has 2 aromatic carbocycles. The minimum atomic E-state index is -1.21. The Labute approximate surface area is 118 Å². The first kappa shape index (κ1) is 14.5. The molecule has 0 aromatic heterocycles. The highest BCUT2D eigenvalue weighted by Crippen LogP contribution is 2.22. The van der Waals surface area contributed by atoms with E-state index in [1.54, 1.807) is 24.3 Å². The van der Waals surface area contributed by atoms with E-state index < -0.39 is 5.60 Å². The Morgan fingerprint density at radius 1 is 1.00 bits per heavy atom. The van der Waals surface area contributed by atoms with E-state index in [2.05, 4.69) is 0 Å². The van der Waals surface area contributed by atoms with Crippen LogP contribution in [0.3, 0.4) is 0 Å². The van der Waals surface area contributed by atoms with E-state index in [0.717, 1.165) is 11.1 Å². The second-order valence-electron chi connectivity index (χ2n) is 4.69. The van der Waals surface area contributed by atoms with Gasteiger partial charge >= 0.3 is 0 Å². The molecule has 20 heavy (non-hydrogen) atoms. The number of hydrogen-bond acceptors (Lipinski definition) is 4. The highest BCUT2D eigenvalue weighted by molar-refractivity contribution is 5.28. The Hall–Kier alpha value is -1.88. The van der Waals surface area contributed by atoms with Crippen LogP contribution in [0.25, 0.3) is 0 Å². The average molecular weight is 273 g/mol. The lowest BCUT2D eigenvalue weighted by atomic mass is 9.95. The molecule has 0 fully saturated rings. The Kier molecular flexibility index (Phi) is 4.74. The van der Waals surface area contributed by atoms with Crippen molar-refractivity contribution < 1.29 is 14.9 Å². The summed E-state index contributed by atoms with van der Waals surface area (Å²) in [5.41, 5.74) is 6.02. The van der Waals surface area contributed by atoms with E-state index >= 15 is 0 Å². The number of aliphatic hydroxyl groups excluding tert-OH is 1. The molecule has 2 aromatic rings. The first-order valence-electron chi connectivity index (χ1n) is 6.48. The molecule has 0 heterocycles. The minimum absolute atomic E-state index is 0.00294. The Morgan fingerprint density at radius 3 is 2.20 bits per heavy atom. The van der Waals surface area contributed by atoms with Crippen molar-refractivity contribution in [2.45, 2.75) is 12.2 Å². The van der Waals surface area contributed by atoms with Crippen molar-refractivity contribution in [2.24, 2.45) is 5.73 Å². The van der Waals surface area contributed by atoms with Gasteiger partial charge in [0.15, 0.2) is 0 Å². The van der Waals surface area contributed by atoms with Crippen LogP contribution in [-0.4, -0.2) is 23.4 Å². The van der Waals surface area contributed by atoms with Crippen LogP contribution in [0, 0.1) is 0 Å². The molecule has 0 bridgehead atoms. The molecular weight excluding hydrogens is 254 g/mol. The van der Waals surface area contributed by atoms with Crippen molar-refractivity contribution in [1.29, 1.82) is 0 Å². The molecule has 0 aliphatic carbocycles. The van der Waals surface area contributed by atoms with Crippen LogP contribution >= 0.6 is 0 Å². The van der Waals surface area contributed by atoms with Crippen molar-refractivity contribution in [2.75, 3.05) is 13.2 Å². The molecule has 4 heteroatoms. The molecular formula is C16H19NO3. The van der Waals surface area contributed by atoms with Crippen molar-refractivity contribution in [1.82, 2.24) is 0 Å². The van der Waals surface area contributed by atoms with Crippen molar-refractivity contribution >= 4 is 0 Å². The number of aliphatic hydroxyl groups is 2. The zero-order chi connectivity index (χ0) is 14.4. The van der Waals surface area contributed by atoms with E-state index in [1.807, 2.05) is 30.3 Å². The molecule has 0 spiro atoms. The second kappa shape index (κ2) is 6.52. The SMILES string of the molecule is NCC(O)(COc1ccc(CO)cc1)c1ccccc1. The lowest BCUT2D eigenvalue weighted by Gasteiger charge is -2.27. The molecule has 0 saturated carbocycles. The lowest BCUT2D eigenvalue weighted by molar-refractivity contribution is -0.00145. The van der Waals surface area contributed by atoms with Gasteiger partial charge in [-0.05, 0) is 23.3 Å². The number of hydrogen-bond donors (Lipinski definition) is 3. The number of nitrogens with two attached hydrogens (primary N) is 1. The maximum Gasteiger partial charge on any atom is 0.136 e. The maximum atomic E-state index is 10.6. The van der Waals surface area contributed by atoms with Gasteiger partial charge in [-0.25, -0.2) is 0 Å². The molecule has 0 aliphatic rings. The normalized spacial score (nSPS) is 13.8. The van der Waals surface area contributed by atoms with E-state index in [9.17, 15) is 5.11 Å². The second-order valence-corrected chi connectivity index (χ2v) is 4.69. The molecule has 1 unspecified atom stereocenters. The Bertz CT molecular complexity index is 527. The fraction of sp³-hybridized carbons (Fsp3) is 0.250. The molecule has 0 amide bonds. The van der Waals surface area contributed by atoms with Crippen LogP contribution in [-0.2, 0) is 12.2 Å². The van der Waals surface area contributed by atoms with Gasteiger partial charge in [-0.1, -0.05) is 42.5 Å². The molecule has 4 nitrogen and oxygen atoms in total. The van der Waals surface area contributed by atoms with Gasteiger partial charge in [-0.15, -0.1) is 0 Å². The number of rotatable bonds is 6. The molecule has 0 aliphatic heterocycles. The standard InChI is InChI=1S/C16H19NO3/c17-11-16(19,14-4-2-1-3-5-14)12-20-15-8-6-13(10-18)7-9-15/h1-9,18-19H,10-12,17H2. The third-order valence-corrected chi connectivity index (χ3v) is 3.23. The van der Waals surface area contributed by atoms with Gasteiger partial charge in [0.2, 0.25) is 0 Å². The van der Waals surface area contributed by atoms with Gasteiger partial charge in [-0.2, -0.15) is 0 Å². The smallest absolute Gasteiger partial charge is 0.136 e. The first-order chi connectivity index (χ1) is 9.68. The van der Waals surface area contributed by atoms with Gasteiger partial charge < -0.3 is 20.7 Å². The minimum Gasteiger partial charge on any atom is -0.490 e. The van der Waals surface area contributed by atoms with Gasteiger partial charge in [0.1, 0.15) is 18.0 Å². The van der Waals surface area contributed by atoms with E-state index in [4.69, 9.17) is 15.6 Å². The lowest BCUT2D eigenvalue weighted by Crippen LogP contribution is -2.40. The van der Waals surface area contributed by atoms with Crippen molar-refractivity contribution in [3.8, 4) is 5.75 Å². The van der Waals surface area contributed by atoms with Gasteiger partial charge in [0.25, 0.3) is 0 Å². The van der Waals surface area contributed by atoms with E-state index in [-0.39, 0.29) is 19.8 Å². The highest BCUT2D eigenvalue weighted by Gasteiger charge is 2.28. The number of benzene rings is 2. The van der Waals surface area contributed by atoms with Crippen LogP contribution in [0.1, 0.15) is 11.1 Å². The predicted octanol–water partition coefficient (Wildman–Crippen LogP) is 1.40. The summed E-state index contributed by atoms with van der Waals surface area (Å²) in [6, 6.07) is 16.3. The monoisotopic (exact) mass is 273 g/mol. The van der Waals surface area contributed by atoms with Crippen LogP contribution in [0.4, 0.5) is 0 Å². The fourth-order valence-electron chi connectivity index (χ4n) is 1.90. The Balaban J connectivity index is 2.06. The maximum absolute atomic E-state index is 10.6. The molecule has 2 rings (SSSR count). The summed E-state index contributed by atoms with van der Waals surface area (Å²) < 4.78 is 5.60. The van der Waals surface area contributed by atoms with Crippen molar-refractivity contribution in [3.63, 3.8) is 0 Å². The third-order valence-electron chi connectivity index (χ3n) is 3.23. The largest absolute Gasteiger partial charge is 0.490 e. The van der Waals surface area contributed by atoms with Crippen molar-refractivity contribution in [3.05, 3.63) is 65.7 Å². The summed E-state index contributed by atoms with van der Waals surface area (Å²) in [5, 5.41) is 19.5. The molecule has 106 valence electrons. The van der Waals surface area contributed by atoms with Crippen LogP contribution < -0.4 is 10.5 Å². The van der Waals surface area contributed by atoms with Crippen LogP contribution in [0.5, 0.6) is 5.75 Å². The fourth-order valence-corrected chi connectivity index (χ4v) is 1.90. The zero-order valence-electron chi connectivity index (χ0n) is 11.2. The highest BCUT2D eigenvalue weighted by atomic mass is 16.5. The summed E-state index contributed by atoms with van der Waals surface area (Å²) in [7, 11) is 0. The molecule has 1 atom stereocenters. The van der Waals surface area contributed by atoms with Gasteiger partial charge in [0.05, 0.1) is 6.61 Å². The Morgan fingerprint density at radius 2 is 1.65 bits per heavy atom. The van der Waals surface area contributed by atoms with E-state index in [1.165, 1.54) is 0 Å². The first-order valence-corrected chi connectivity index (χ1v) is 6.48. The average Bonchev–Trinajstić information content (AvgIpc) is 2.54. The quantitative estimate of drug-likeness (QED) is 0.743. The summed E-state index contributed by atoms with van der Waals surface area (Å²) >= 11 is 0. The van der Waals surface area contributed by atoms with E-state index in [0.29, 0.717) is 5.75 Å².